The lowest BCUT2D eigenvalue weighted by Crippen LogP contribution is -2.53. The molecule has 5 fully saturated rings. The van der Waals surface area contributed by atoms with E-state index < -0.39 is 0 Å². The van der Waals surface area contributed by atoms with Crippen LogP contribution in [0, 0.1) is 29.6 Å². The van der Waals surface area contributed by atoms with Crippen molar-refractivity contribution in [3.63, 3.8) is 0 Å². The third-order valence-electron chi connectivity index (χ3n) is 7.23. The van der Waals surface area contributed by atoms with Crippen molar-refractivity contribution in [1.82, 2.24) is 14.5 Å². The highest BCUT2D eigenvalue weighted by Gasteiger charge is 2.51. The molecule has 4 bridgehead atoms. The molecule has 0 aromatic carbocycles. The summed E-state index contributed by atoms with van der Waals surface area (Å²) in [5.74, 6) is 4.20. The van der Waals surface area contributed by atoms with Crippen LogP contribution < -0.4 is 0 Å². The number of likely N-dealkylation sites (tertiary alicyclic amines) is 1. The Morgan fingerprint density at radius 1 is 0.957 bits per heavy atom. The average Bonchev–Trinajstić information content (AvgIpc) is 3.08. The number of carbonyl (C=O) groups excluding carboxylic acids is 1. The Kier molecular flexibility index (Phi) is 3.27. The van der Waals surface area contributed by atoms with E-state index in [0.29, 0.717) is 29.7 Å². The first kappa shape index (κ1) is 14.1. The van der Waals surface area contributed by atoms with Crippen LogP contribution in [0.2, 0.25) is 0 Å². The van der Waals surface area contributed by atoms with Gasteiger partial charge in [-0.3, -0.25) is 4.79 Å². The molecule has 4 saturated carbocycles. The molecule has 1 saturated heterocycles. The molecule has 2 heterocycles. The normalized spacial score (nSPS) is 39.8. The van der Waals surface area contributed by atoms with Gasteiger partial charge in [-0.05, 0) is 68.6 Å². The minimum atomic E-state index is 0.368. The topological polar surface area (TPSA) is 38.1 Å². The van der Waals surface area contributed by atoms with Crippen molar-refractivity contribution in [3.05, 3.63) is 18.7 Å². The minimum Gasteiger partial charge on any atom is -0.342 e. The van der Waals surface area contributed by atoms with E-state index in [2.05, 4.69) is 20.6 Å². The first-order valence-corrected chi connectivity index (χ1v) is 9.54. The molecule has 1 amide bonds. The third kappa shape index (κ3) is 2.33. The first-order chi connectivity index (χ1) is 11.3. The van der Waals surface area contributed by atoms with Gasteiger partial charge < -0.3 is 9.47 Å². The van der Waals surface area contributed by atoms with Gasteiger partial charge in [-0.2, -0.15) is 0 Å². The van der Waals surface area contributed by atoms with Crippen LogP contribution in [-0.4, -0.2) is 33.4 Å². The molecule has 1 aliphatic heterocycles. The summed E-state index contributed by atoms with van der Waals surface area (Å²) in [6, 6.07) is 0.528. The van der Waals surface area contributed by atoms with Crippen molar-refractivity contribution in [2.75, 3.05) is 13.1 Å². The molecule has 124 valence electrons. The Morgan fingerprint density at radius 2 is 1.61 bits per heavy atom. The van der Waals surface area contributed by atoms with Gasteiger partial charge in [0.1, 0.15) is 0 Å². The Labute approximate surface area is 138 Å². The van der Waals surface area contributed by atoms with E-state index in [4.69, 9.17) is 0 Å². The second-order valence-corrected chi connectivity index (χ2v) is 8.52. The molecule has 0 radical (unpaired) electrons. The van der Waals surface area contributed by atoms with Gasteiger partial charge in [-0.15, -0.1) is 0 Å². The molecule has 1 aromatic heterocycles. The van der Waals surface area contributed by atoms with Crippen LogP contribution >= 0.6 is 0 Å². The molecule has 6 rings (SSSR count). The SMILES string of the molecule is O=C(C1C2CC3CC(C2)CC1C3)N1CCC(n2ccnc2)CC1. The fraction of sp³-hybridized carbons (Fsp3) is 0.789. The summed E-state index contributed by atoms with van der Waals surface area (Å²) in [5.41, 5.74) is 0. The Hall–Kier alpha value is -1.32. The predicted octanol–water partition coefficient (Wildman–Crippen LogP) is 3.12. The number of hydrogen-bond acceptors (Lipinski definition) is 2. The number of amides is 1. The maximum atomic E-state index is 13.2. The lowest BCUT2D eigenvalue weighted by molar-refractivity contribution is -0.150. The van der Waals surface area contributed by atoms with Crippen LogP contribution in [-0.2, 0) is 4.79 Å². The number of aromatic nitrogens is 2. The summed E-state index contributed by atoms with van der Waals surface area (Å²) < 4.78 is 2.21. The minimum absolute atomic E-state index is 0.368. The molecular weight excluding hydrogens is 286 g/mol. The number of piperidine rings is 1. The van der Waals surface area contributed by atoms with E-state index >= 15 is 0 Å². The van der Waals surface area contributed by atoms with E-state index in [1.54, 1.807) is 0 Å². The lowest BCUT2D eigenvalue weighted by atomic mass is 9.51. The fourth-order valence-electron chi connectivity index (χ4n) is 6.41. The van der Waals surface area contributed by atoms with Crippen LogP contribution in [0.25, 0.3) is 0 Å². The highest BCUT2D eigenvalue weighted by Crippen LogP contribution is 2.57. The molecule has 0 unspecified atom stereocenters. The van der Waals surface area contributed by atoms with Crippen molar-refractivity contribution in [2.45, 2.75) is 51.0 Å². The zero-order valence-electron chi connectivity index (χ0n) is 13.8. The molecule has 4 aliphatic carbocycles. The van der Waals surface area contributed by atoms with Gasteiger partial charge in [0, 0.05) is 37.4 Å². The summed E-state index contributed by atoms with van der Waals surface area (Å²) in [7, 11) is 0. The van der Waals surface area contributed by atoms with Gasteiger partial charge in [0.2, 0.25) is 5.91 Å². The van der Waals surface area contributed by atoms with E-state index in [0.717, 1.165) is 37.8 Å². The van der Waals surface area contributed by atoms with Gasteiger partial charge >= 0.3 is 0 Å². The maximum Gasteiger partial charge on any atom is 0.226 e. The standard InChI is InChI=1S/C19H27N3O/c23-19(18-15-8-13-7-14(10-15)11-16(18)9-13)21-4-1-17(2-5-21)22-6-3-20-12-22/h3,6,12-18H,1-2,4-5,7-11H2. The average molecular weight is 313 g/mol. The van der Waals surface area contributed by atoms with E-state index in [-0.39, 0.29) is 0 Å². The first-order valence-electron chi connectivity index (χ1n) is 9.54. The van der Waals surface area contributed by atoms with Gasteiger partial charge in [-0.1, -0.05) is 0 Å². The second-order valence-electron chi connectivity index (χ2n) is 8.52. The molecule has 0 atom stereocenters. The van der Waals surface area contributed by atoms with Crippen LogP contribution in [0.1, 0.15) is 51.0 Å². The van der Waals surface area contributed by atoms with Crippen LogP contribution in [0.3, 0.4) is 0 Å². The lowest BCUT2D eigenvalue weighted by Gasteiger charge is -2.54. The number of hydrogen-bond donors (Lipinski definition) is 0. The number of nitrogens with zero attached hydrogens (tertiary/aromatic N) is 3. The molecule has 0 N–H and O–H groups in total. The number of carbonyl (C=O) groups is 1. The van der Waals surface area contributed by atoms with E-state index in [9.17, 15) is 4.79 Å². The summed E-state index contributed by atoms with van der Waals surface area (Å²) >= 11 is 0. The fourth-order valence-corrected chi connectivity index (χ4v) is 6.41. The van der Waals surface area contributed by atoms with Crippen molar-refractivity contribution in [1.29, 1.82) is 0 Å². The maximum absolute atomic E-state index is 13.2. The van der Waals surface area contributed by atoms with Crippen LogP contribution in [0.5, 0.6) is 0 Å². The molecule has 5 aliphatic rings. The summed E-state index contributed by atoms with van der Waals surface area (Å²) in [4.78, 5) is 19.5. The van der Waals surface area contributed by atoms with E-state index in [1.165, 1.54) is 32.1 Å². The summed E-state index contributed by atoms with van der Waals surface area (Å²) in [5, 5.41) is 0. The smallest absolute Gasteiger partial charge is 0.226 e. The van der Waals surface area contributed by atoms with Crippen molar-refractivity contribution >= 4 is 5.91 Å². The molecule has 4 nitrogen and oxygen atoms in total. The van der Waals surface area contributed by atoms with Gasteiger partial charge in [0.15, 0.2) is 0 Å². The van der Waals surface area contributed by atoms with Crippen LogP contribution in [0.4, 0.5) is 0 Å². The van der Waals surface area contributed by atoms with Crippen molar-refractivity contribution in [3.8, 4) is 0 Å². The molecule has 23 heavy (non-hydrogen) atoms. The van der Waals surface area contributed by atoms with Gasteiger partial charge in [0.05, 0.1) is 6.33 Å². The van der Waals surface area contributed by atoms with E-state index in [1.807, 2.05) is 12.5 Å². The zero-order chi connectivity index (χ0) is 15.4. The molecule has 1 aromatic rings. The summed E-state index contributed by atoms with van der Waals surface area (Å²) in [6.45, 7) is 1.87. The molecule has 4 heteroatoms. The van der Waals surface area contributed by atoms with Crippen molar-refractivity contribution < 1.29 is 4.79 Å². The second kappa shape index (κ2) is 5.35. The summed E-state index contributed by atoms with van der Waals surface area (Å²) in [6.07, 6.45) is 14.8. The number of imidazole rings is 1. The third-order valence-corrected chi connectivity index (χ3v) is 7.23. The van der Waals surface area contributed by atoms with Gasteiger partial charge in [0.25, 0.3) is 0 Å². The Bertz CT molecular complexity index is 545. The molecule has 0 spiro atoms. The number of rotatable bonds is 2. The highest BCUT2D eigenvalue weighted by atomic mass is 16.2. The monoisotopic (exact) mass is 313 g/mol. The molecular formula is C19H27N3O. The predicted molar refractivity (Wildman–Crippen MR) is 87.6 cm³/mol. The zero-order valence-corrected chi connectivity index (χ0v) is 13.8. The van der Waals surface area contributed by atoms with Gasteiger partial charge in [-0.25, -0.2) is 4.98 Å². The van der Waals surface area contributed by atoms with Crippen LogP contribution in [0.15, 0.2) is 18.7 Å². The van der Waals surface area contributed by atoms with Crippen molar-refractivity contribution in [2.24, 2.45) is 29.6 Å². The Morgan fingerprint density at radius 3 is 2.17 bits per heavy atom. The highest BCUT2D eigenvalue weighted by molar-refractivity contribution is 5.80. The quantitative estimate of drug-likeness (QED) is 0.841. The largest absolute Gasteiger partial charge is 0.342 e. The Balaban J connectivity index is 1.25.